The Kier molecular flexibility index (Phi) is 2.54. The number of hydrogen-bond donors (Lipinski definition) is 1. The second kappa shape index (κ2) is 3.59. The minimum atomic E-state index is -0.630. The molecule has 0 aromatic heterocycles. The molecular weight excluding hydrogens is 194 g/mol. The van der Waals surface area contributed by atoms with Crippen LogP contribution >= 0.6 is 0 Å². The molecule has 15 heavy (non-hydrogen) atoms. The summed E-state index contributed by atoms with van der Waals surface area (Å²) in [6.45, 7) is 1.75. The van der Waals surface area contributed by atoms with E-state index in [1.165, 1.54) is 4.90 Å². The molecule has 2 aliphatic rings. The molecule has 1 unspecified atom stereocenters. The van der Waals surface area contributed by atoms with Crippen molar-refractivity contribution in [2.24, 2.45) is 5.41 Å². The van der Waals surface area contributed by atoms with Crippen LogP contribution in [0.2, 0.25) is 0 Å². The van der Waals surface area contributed by atoms with Crippen molar-refractivity contribution in [3.8, 4) is 0 Å². The van der Waals surface area contributed by atoms with Crippen molar-refractivity contribution >= 4 is 11.8 Å². The van der Waals surface area contributed by atoms with Gasteiger partial charge in [0.1, 0.15) is 0 Å². The van der Waals surface area contributed by atoms with Crippen LogP contribution in [-0.2, 0) is 9.59 Å². The molecule has 2 rings (SSSR count). The van der Waals surface area contributed by atoms with E-state index in [0.717, 1.165) is 25.7 Å². The van der Waals surface area contributed by atoms with Crippen LogP contribution in [0.4, 0.5) is 0 Å². The van der Waals surface area contributed by atoms with Gasteiger partial charge in [-0.2, -0.15) is 0 Å². The van der Waals surface area contributed by atoms with Gasteiger partial charge in [0.2, 0.25) is 11.8 Å². The van der Waals surface area contributed by atoms with Crippen LogP contribution in [0, 0.1) is 5.41 Å². The SMILES string of the molecule is CC(O)CN1C(=O)CC2(CCCC2)C1=O. The van der Waals surface area contributed by atoms with Crippen LogP contribution in [0.3, 0.4) is 0 Å². The molecule has 1 aliphatic carbocycles. The van der Waals surface area contributed by atoms with Crippen LogP contribution in [0.25, 0.3) is 0 Å². The number of hydrogen-bond acceptors (Lipinski definition) is 3. The van der Waals surface area contributed by atoms with Crippen molar-refractivity contribution in [3.63, 3.8) is 0 Å². The predicted molar refractivity (Wildman–Crippen MR) is 53.9 cm³/mol. The molecule has 0 radical (unpaired) electrons. The van der Waals surface area contributed by atoms with Crippen molar-refractivity contribution in [1.29, 1.82) is 0 Å². The first-order valence-electron chi connectivity index (χ1n) is 5.58. The minimum Gasteiger partial charge on any atom is -0.392 e. The Balaban J connectivity index is 2.15. The largest absolute Gasteiger partial charge is 0.392 e. The Bertz CT molecular complexity index is 292. The van der Waals surface area contributed by atoms with E-state index in [-0.39, 0.29) is 18.4 Å². The van der Waals surface area contributed by atoms with Crippen LogP contribution in [0.1, 0.15) is 39.0 Å². The maximum Gasteiger partial charge on any atom is 0.235 e. The molecule has 84 valence electrons. The van der Waals surface area contributed by atoms with E-state index >= 15 is 0 Å². The summed E-state index contributed by atoms with van der Waals surface area (Å²) in [5.41, 5.74) is -0.397. The zero-order valence-electron chi connectivity index (χ0n) is 9.03. The third-order valence-electron chi connectivity index (χ3n) is 3.50. The van der Waals surface area contributed by atoms with E-state index in [0.29, 0.717) is 6.42 Å². The normalized spacial score (nSPS) is 26.7. The summed E-state index contributed by atoms with van der Waals surface area (Å²) in [4.78, 5) is 25.0. The van der Waals surface area contributed by atoms with Crippen molar-refractivity contribution in [2.45, 2.75) is 45.1 Å². The van der Waals surface area contributed by atoms with Gasteiger partial charge in [0, 0.05) is 6.42 Å². The van der Waals surface area contributed by atoms with Gasteiger partial charge in [0.25, 0.3) is 0 Å². The number of amides is 2. The van der Waals surface area contributed by atoms with Gasteiger partial charge < -0.3 is 5.11 Å². The number of likely N-dealkylation sites (tertiary alicyclic amines) is 1. The first kappa shape index (κ1) is 10.6. The third-order valence-corrected chi connectivity index (χ3v) is 3.50. The van der Waals surface area contributed by atoms with Gasteiger partial charge in [-0.15, -0.1) is 0 Å². The average molecular weight is 211 g/mol. The van der Waals surface area contributed by atoms with Gasteiger partial charge in [-0.25, -0.2) is 0 Å². The number of aliphatic hydroxyl groups is 1. The molecule has 1 heterocycles. The summed E-state index contributed by atoms with van der Waals surface area (Å²) in [6.07, 6.45) is 3.50. The second-order valence-corrected chi connectivity index (χ2v) is 4.82. The number of carbonyl (C=O) groups is 2. The van der Waals surface area contributed by atoms with Crippen LogP contribution in [0.5, 0.6) is 0 Å². The molecule has 0 bridgehead atoms. The fourth-order valence-corrected chi connectivity index (χ4v) is 2.75. The van der Waals surface area contributed by atoms with Crippen molar-refractivity contribution in [3.05, 3.63) is 0 Å². The Morgan fingerprint density at radius 2 is 2.00 bits per heavy atom. The lowest BCUT2D eigenvalue weighted by Crippen LogP contribution is -2.38. The Morgan fingerprint density at radius 3 is 2.53 bits per heavy atom. The fraction of sp³-hybridized carbons (Fsp3) is 0.818. The Labute approximate surface area is 89.3 Å². The van der Waals surface area contributed by atoms with Crippen molar-refractivity contribution < 1.29 is 14.7 Å². The number of imide groups is 1. The van der Waals surface area contributed by atoms with Crippen LogP contribution in [-0.4, -0.2) is 34.5 Å². The maximum absolute atomic E-state index is 12.1. The van der Waals surface area contributed by atoms with E-state index in [2.05, 4.69) is 0 Å². The summed E-state index contributed by atoms with van der Waals surface area (Å²) >= 11 is 0. The lowest BCUT2D eigenvalue weighted by atomic mass is 9.84. The molecule has 0 aromatic rings. The smallest absolute Gasteiger partial charge is 0.235 e. The molecule has 1 N–H and O–H groups in total. The predicted octanol–water partition coefficient (Wildman–Crippen LogP) is 0.686. The zero-order valence-corrected chi connectivity index (χ0v) is 9.03. The number of aliphatic hydroxyl groups excluding tert-OH is 1. The van der Waals surface area contributed by atoms with Crippen LogP contribution < -0.4 is 0 Å². The summed E-state index contributed by atoms with van der Waals surface area (Å²) in [6, 6.07) is 0. The van der Waals surface area contributed by atoms with Gasteiger partial charge in [0.15, 0.2) is 0 Å². The van der Waals surface area contributed by atoms with Gasteiger partial charge in [-0.1, -0.05) is 12.8 Å². The average Bonchev–Trinajstić information content (AvgIpc) is 2.69. The monoisotopic (exact) mass is 211 g/mol. The number of β-amino-alcohol motifs (C(OH)–C–C–N with tert-alkyl or cyclic N) is 1. The number of rotatable bonds is 2. The van der Waals surface area contributed by atoms with Crippen molar-refractivity contribution in [2.75, 3.05) is 6.54 Å². The second-order valence-electron chi connectivity index (χ2n) is 4.82. The molecule has 0 aromatic carbocycles. The molecule has 2 fully saturated rings. The molecule has 1 atom stereocenters. The molecule has 4 heteroatoms. The molecule has 2 amide bonds. The summed E-state index contributed by atoms with van der Waals surface area (Å²) in [5, 5.41) is 9.23. The summed E-state index contributed by atoms with van der Waals surface area (Å²) < 4.78 is 0. The third kappa shape index (κ3) is 1.67. The van der Waals surface area contributed by atoms with E-state index < -0.39 is 11.5 Å². The van der Waals surface area contributed by atoms with Gasteiger partial charge >= 0.3 is 0 Å². The molecule has 1 saturated carbocycles. The molecule has 1 aliphatic heterocycles. The molecule has 4 nitrogen and oxygen atoms in total. The highest BCUT2D eigenvalue weighted by Crippen LogP contribution is 2.46. The lowest BCUT2D eigenvalue weighted by Gasteiger charge is -2.21. The summed E-state index contributed by atoms with van der Waals surface area (Å²) in [7, 11) is 0. The lowest BCUT2D eigenvalue weighted by molar-refractivity contribution is -0.142. The number of nitrogens with zero attached hydrogens (tertiary/aromatic N) is 1. The Hall–Kier alpha value is -0.900. The van der Waals surface area contributed by atoms with E-state index in [9.17, 15) is 14.7 Å². The summed E-state index contributed by atoms with van der Waals surface area (Å²) in [5.74, 6) is -0.159. The van der Waals surface area contributed by atoms with E-state index in [4.69, 9.17) is 0 Å². The quantitative estimate of drug-likeness (QED) is 0.683. The number of carbonyl (C=O) groups excluding carboxylic acids is 2. The topological polar surface area (TPSA) is 57.6 Å². The van der Waals surface area contributed by atoms with Crippen molar-refractivity contribution in [1.82, 2.24) is 4.90 Å². The van der Waals surface area contributed by atoms with Gasteiger partial charge in [0.05, 0.1) is 18.1 Å². The molecule has 1 spiro atoms. The fourth-order valence-electron chi connectivity index (χ4n) is 2.75. The Morgan fingerprint density at radius 1 is 1.40 bits per heavy atom. The van der Waals surface area contributed by atoms with E-state index in [1.807, 2.05) is 0 Å². The van der Waals surface area contributed by atoms with Gasteiger partial charge in [-0.05, 0) is 19.8 Å². The zero-order chi connectivity index (χ0) is 11.1. The minimum absolute atomic E-state index is 0.0501. The molecule has 1 saturated heterocycles. The first-order chi connectivity index (χ1) is 7.05. The van der Waals surface area contributed by atoms with Gasteiger partial charge in [-0.3, -0.25) is 14.5 Å². The highest BCUT2D eigenvalue weighted by atomic mass is 16.3. The first-order valence-corrected chi connectivity index (χ1v) is 5.58. The molecular formula is C11H17NO3. The highest BCUT2D eigenvalue weighted by Gasteiger charge is 2.52. The van der Waals surface area contributed by atoms with E-state index in [1.54, 1.807) is 6.92 Å². The standard InChI is InChI=1S/C11H17NO3/c1-8(13)7-12-9(14)6-11(10(12)15)4-2-3-5-11/h8,13H,2-7H2,1H3. The maximum atomic E-state index is 12.1. The highest BCUT2D eigenvalue weighted by molar-refractivity contribution is 6.06. The van der Waals surface area contributed by atoms with Crippen LogP contribution in [0.15, 0.2) is 0 Å².